The molecule has 0 unspecified atom stereocenters. The Bertz CT molecular complexity index is 920. The molecular formula is C17H16BrClN2O4S. The Morgan fingerprint density at radius 3 is 2.54 bits per heavy atom. The van der Waals surface area contributed by atoms with Gasteiger partial charge in [0.1, 0.15) is 10.7 Å². The van der Waals surface area contributed by atoms with Crippen molar-refractivity contribution >= 4 is 49.5 Å². The van der Waals surface area contributed by atoms with Gasteiger partial charge >= 0.3 is 0 Å². The molecule has 1 aliphatic rings. The Hall–Kier alpha value is -1.61. The normalized spacial score (nSPS) is 16.3. The summed E-state index contributed by atoms with van der Waals surface area (Å²) >= 11 is 9.35. The Morgan fingerprint density at radius 1 is 1.19 bits per heavy atom. The highest BCUT2D eigenvalue weighted by atomic mass is 79.9. The number of nitrogens with zero attached hydrogens (tertiary/aromatic N) is 2. The molecule has 1 aromatic carbocycles. The molecule has 1 aromatic heterocycles. The van der Waals surface area contributed by atoms with Gasteiger partial charge in [-0.05, 0) is 36.4 Å². The maximum Gasteiger partial charge on any atom is 0.246 e. The highest BCUT2D eigenvalue weighted by molar-refractivity contribution is 9.10. The van der Waals surface area contributed by atoms with Crippen LogP contribution in [0.4, 0.5) is 0 Å². The maximum atomic E-state index is 12.8. The Kier molecular flexibility index (Phi) is 5.86. The summed E-state index contributed by atoms with van der Waals surface area (Å²) in [7, 11) is -3.70. The average molecular weight is 460 g/mol. The minimum atomic E-state index is -3.70. The van der Waals surface area contributed by atoms with E-state index in [2.05, 4.69) is 15.9 Å². The first-order chi connectivity index (χ1) is 12.4. The molecule has 138 valence electrons. The first kappa shape index (κ1) is 19.2. The van der Waals surface area contributed by atoms with Crippen molar-refractivity contribution in [1.29, 1.82) is 0 Å². The van der Waals surface area contributed by atoms with Crippen molar-refractivity contribution in [3.05, 3.63) is 57.9 Å². The molecule has 0 N–H and O–H groups in total. The number of hydrogen-bond donors (Lipinski definition) is 0. The molecule has 9 heteroatoms. The number of amides is 1. The van der Waals surface area contributed by atoms with Crippen LogP contribution in [0.5, 0.6) is 0 Å². The minimum Gasteiger partial charge on any atom is -0.465 e. The predicted molar refractivity (Wildman–Crippen MR) is 102 cm³/mol. The van der Waals surface area contributed by atoms with E-state index in [-0.39, 0.29) is 28.9 Å². The SMILES string of the molecule is O=C(C=Cc1ccco1)N1CCN(S(=O)(=O)c2ccc(Br)cc2Cl)CC1. The van der Waals surface area contributed by atoms with E-state index in [1.54, 1.807) is 35.2 Å². The third-order valence-corrected chi connectivity index (χ3v) is 6.87. The Labute approximate surface area is 165 Å². The van der Waals surface area contributed by atoms with Crippen molar-refractivity contribution in [2.24, 2.45) is 0 Å². The lowest BCUT2D eigenvalue weighted by Crippen LogP contribution is -2.50. The number of benzene rings is 1. The summed E-state index contributed by atoms with van der Waals surface area (Å²) in [5.41, 5.74) is 0. The standard InChI is InChI=1S/C17H16BrClN2O4S/c18-13-3-5-16(15(19)12-13)26(23,24)21-9-7-20(8-10-21)17(22)6-4-14-2-1-11-25-14/h1-6,11-12H,7-10H2. The number of rotatable bonds is 4. The minimum absolute atomic E-state index is 0.0693. The number of sulfonamides is 1. The van der Waals surface area contributed by atoms with Gasteiger partial charge < -0.3 is 9.32 Å². The summed E-state index contributed by atoms with van der Waals surface area (Å²) in [4.78, 5) is 13.9. The van der Waals surface area contributed by atoms with Gasteiger partial charge in [0.2, 0.25) is 15.9 Å². The number of piperazine rings is 1. The van der Waals surface area contributed by atoms with E-state index in [0.717, 1.165) is 0 Å². The topological polar surface area (TPSA) is 70.8 Å². The van der Waals surface area contributed by atoms with E-state index in [1.807, 2.05) is 0 Å². The number of hydrogen-bond acceptors (Lipinski definition) is 4. The van der Waals surface area contributed by atoms with Crippen LogP contribution in [0.15, 0.2) is 56.5 Å². The summed E-state index contributed by atoms with van der Waals surface area (Å²) in [6, 6.07) is 8.15. The molecule has 1 aliphatic heterocycles. The molecule has 0 aliphatic carbocycles. The summed E-state index contributed by atoms with van der Waals surface area (Å²) < 4.78 is 32.7. The summed E-state index contributed by atoms with van der Waals surface area (Å²) in [5, 5.41) is 0.166. The largest absolute Gasteiger partial charge is 0.465 e. The average Bonchev–Trinajstić information content (AvgIpc) is 3.13. The fourth-order valence-electron chi connectivity index (χ4n) is 2.62. The molecule has 0 atom stereocenters. The summed E-state index contributed by atoms with van der Waals surface area (Å²) in [6.07, 6.45) is 4.54. The molecule has 3 rings (SSSR count). The van der Waals surface area contributed by atoms with E-state index in [9.17, 15) is 13.2 Å². The van der Waals surface area contributed by atoms with E-state index >= 15 is 0 Å². The molecule has 0 bridgehead atoms. The van der Waals surface area contributed by atoms with Crippen LogP contribution < -0.4 is 0 Å². The van der Waals surface area contributed by atoms with Gasteiger partial charge in [-0.1, -0.05) is 27.5 Å². The monoisotopic (exact) mass is 458 g/mol. The molecule has 0 radical (unpaired) electrons. The van der Waals surface area contributed by atoms with Crippen molar-refractivity contribution in [1.82, 2.24) is 9.21 Å². The number of carbonyl (C=O) groups excluding carboxylic acids is 1. The lowest BCUT2D eigenvalue weighted by molar-refractivity contribution is -0.127. The van der Waals surface area contributed by atoms with Gasteiger partial charge in [-0.15, -0.1) is 0 Å². The van der Waals surface area contributed by atoms with Crippen LogP contribution in [0, 0.1) is 0 Å². The van der Waals surface area contributed by atoms with E-state index < -0.39 is 10.0 Å². The first-order valence-electron chi connectivity index (χ1n) is 7.83. The van der Waals surface area contributed by atoms with Crippen molar-refractivity contribution in [3.63, 3.8) is 0 Å². The zero-order valence-electron chi connectivity index (χ0n) is 13.6. The highest BCUT2D eigenvalue weighted by Crippen LogP contribution is 2.28. The predicted octanol–water partition coefficient (Wildman–Crippen LogP) is 3.24. The Balaban J connectivity index is 1.65. The van der Waals surface area contributed by atoms with Gasteiger partial charge in [-0.2, -0.15) is 4.31 Å². The lowest BCUT2D eigenvalue weighted by Gasteiger charge is -2.33. The lowest BCUT2D eigenvalue weighted by atomic mass is 10.3. The molecule has 6 nitrogen and oxygen atoms in total. The van der Waals surface area contributed by atoms with Crippen LogP contribution in [-0.2, 0) is 14.8 Å². The van der Waals surface area contributed by atoms with Crippen LogP contribution in [0.25, 0.3) is 6.08 Å². The molecule has 1 fully saturated rings. The fraction of sp³-hybridized carbons (Fsp3) is 0.235. The van der Waals surface area contributed by atoms with E-state index in [4.69, 9.17) is 16.0 Å². The second-order valence-corrected chi connectivity index (χ2v) is 8.88. The van der Waals surface area contributed by atoms with E-state index in [1.165, 1.54) is 22.7 Å². The van der Waals surface area contributed by atoms with Crippen LogP contribution in [0.3, 0.4) is 0 Å². The fourth-order valence-corrected chi connectivity index (χ4v) is 5.05. The molecule has 0 saturated carbocycles. The van der Waals surface area contributed by atoms with Gasteiger partial charge in [0, 0.05) is 36.7 Å². The van der Waals surface area contributed by atoms with Crippen LogP contribution in [0.2, 0.25) is 5.02 Å². The van der Waals surface area contributed by atoms with Crippen LogP contribution >= 0.6 is 27.5 Å². The third kappa shape index (κ3) is 4.20. The second kappa shape index (κ2) is 7.96. The van der Waals surface area contributed by atoms with Crippen molar-refractivity contribution in [3.8, 4) is 0 Å². The molecule has 1 saturated heterocycles. The molecular weight excluding hydrogens is 444 g/mol. The van der Waals surface area contributed by atoms with Gasteiger partial charge in [0.25, 0.3) is 0 Å². The quantitative estimate of drug-likeness (QED) is 0.658. The highest BCUT2D eigenvalue weighted by Gasteiger charge is 2.31. The van der Waals surface area contributed by atoms with E-state index in [0.29, 0.717) is 23.3 Å². The van der Waals surface area contributed by atoms with Gasteiger partial charge in [0.15, 0.2) is 0 Å². The van der Waals surface area contributed by atoms with Crippen molar-refractivity contribution in [2.45, 2.75) is 4.90 Å². The molecule has 1 amide bonds. The number of halogens is 2. The molecule has 0 spiro atoms. The van der Waals surface area contributed by atoms with Crippen molar-refractivity contribution < 1.29 is 17.6 Å². The number of furan rings is 1. The smallest absolute Gasteiger partial charge is 0.246 e. The van der Waals surface area contributed by atoms with Gasteiger partial charge in [0.05, 0.1) is 11.3 Å². The first-order valence-corrected chi connectivity index (χ1v) is 10.4. The van der Waals surface area contributed by atoms with Crippen LogP contribution in [0.1, 0.15) is 5.76 Å². The summed E-state index contributed by atoms with van der Waals surface area (Å²) in [5.74, 6) is 0.407. The molecule has 26 heavy (non-hydrogen) atoms. The second-order valence-electron chi connectivity index (χ2n) is 5.65. The Morgan fingerprint density at radius 2 is 1.92 bits per heavy atom. The zero-order chi connectivity index (χ0) is 18.7. The molecule has 2 aromatic rings. The number of carbonyl (C=O) groups is 1. The maximum absolute atomic E-state index is 12.8. The van der Waals surface area contributed by atoms with Crippen molar-refractivity contribution in [2.75, 3.05) is 26.2 Å². The van der Waals surface area contributed by atoms with Crippen LogP contribution in [-0.4, -0.2) is 49.7 Å². The van der Waals surface area contributed by atoms with Gasteiger partial charge in [-0.3, -0.25) is 4.79 Å². The summed E-state index contributed by atoms with van der Waals surface area (Å²) in [6.45, 7) is 1.06. The zero-order valence-corrected chi connectivity index (χ0v) is 16.8. The van der Waals surface area contributed by atoms with Gasteiger partial charge in [-0.25, -0.2) is 8.42 Å². The molecule has 2 heterocycles. The third-order valence-electron chi connectivity index (χ3n) is 4.00.